The van der Waals surface area contributed by atoms with Crippen LogP contribution in [0, 0.1) is 5.41 Å². The summed E-state index contributed by atoms with van der Waals surface area (Å²) >= 11 is 0. The first-order valence-corrected chi connectivity index (χ1v) is 7.15. The molecule has 0 amide bonds. The number of anilines is 1. The molecule has 1 aliphatic rings. The van der Waals surface area contributed by atoms with Gasteiger partial charge in [-0.25, -0.2) is 4.79 Å². The molecule has 0 heterocycles. The number of carbonyl (C=O) groups is 2. The Morgan fingerprint density at radius 1 is 1.30 bits per heavy atom. The van der Waals surface area contributed by atoms with Gasteiger partial charge in [-0.1, -0.05) is 36.4 Å². The van der Waals surface area contributed by atoms with Crippen LogP contribution in [0.3, 0.4) is 0 Å². The zero-order valence-corrected chi connectivity index (χ0v) is 13.2. The lowest BCUT2D eigenvalue weighted by Gasteiger charge is -2.23. The van der Waals surface area contributed by atoms with Crippen molar-refractivity contribution >= 4 is 17.6 Å². The van der Waals surface area contributed by atoms with Crippen molar-refractivity contribution in [2.24, 2.45) is 11.1 Å². The third-order valence-electron chi connectivity index (χ3n) is 3.59. The number of para-hydroxylation sites is 1. The lowest BCUT2D eigenvalue weighted by atomic mass is 9.80. The summed E-state index contributed by atoms with van der Waals surface area (Å²) in [5.41, 5.74) is 6.81. The molecule has 2 rings (SSSR count). The summed E-state index contributed by atoms with van der Waals surface area (Å²) in [5, 5.41) is 20.5. The van der Waals surface area contributed by atoms with Crippen LogP contribution in [0.2, 0.25) is 0 Å². The number of nitrogens with two attached hydrogens (primary N) is 1. The summed E-state index contributed by atoms with van der Waals surface area (Å²) in [7, 11) is 1.90. The molecule has 124 valence electrons. The maximum Gasteiger partial charge on any atom is 0.331 e. The number of aliphatic carboxylic acids is 2. The quantitative estimate of drug-likeness (QED) is 0.677. The van der Waals surface area contributed by atoms with E-state index in [0.29, 0.717) is 6.54 Å². The van der Waals surface area contributed by atoms with E-state index >= 15 is 0 Å². The smallest absolute Gasteiger partial charge is 0.331 e. The minimum Gasteiger partial charge on any atom is -0.481 e. The molecule has 1 aromatic carbocycles. The number of rotatable bonds is 4. The average molecular weight is 318 g/mol. The van der Waals surface area contributed by atoms with E-state index in [1.807, 2.05) is 31.3 Å². The molecular formula is C17H22N2O4. The molecule has 1 aromatic rings. The monoisotopic (exact) mass is 318 g/mol. The average Bonchev–Trinajstić information content (AvgIpc) is 2.55. The van der Waals surface area contributed by atoms with Crippen molar-refractivity contribution < 1.29 is 19.8 Å². The van der Waals surface area contributed by atoms with Crippen molar-refractivity contribution in [2.45, 2.75) is 19.9 Å². The van der Waals surface area contributed by atoms with Gasteiger partial charge in [0, 0.05) is 24.9 Å². The van der Waals surface area contributed by atoms with E-state index in [2.05, 4.69) is 5.32 Å². The highest BCUT2D eigenvalue weighted by atomic mass is 16.4. The number of hydrogen-bond donors (Lipinski definition) is 4. The Balaban J connectivity index is 0.000000238. The molecule has 5 N–H and O–H groups in total. The number of hydrogen-bond acceptors (Lipinski definition) is 4. The molecule has 0 aliphatic heterocycles. The third-order valence-corrected chi connectivity index (χ3v) is 3.59. The molecular weight excluding hydrogens is 296 g/mol. The van der Waals surface area contributed by atoms with Gasteiger partial charge in [-0.05, 0) is 25.0 Å². The number of allylic oxidation sites excluding steroid dienone is 2. The number of nitrogens with one attached hydrogen (secondary N) is 1. The second-order valence-corrected chi connectivity index (χ2v) is 5.37. The van der Waals surface area contributed by atoms with Crippen LogP contribution in [0.5, 0.6) is 0 Å². The van der Waals surface area contributed by atoms with Crippen LogP contribution >= 0.6 is 0 Å². The van der Waals surface area contributed by atoms with Crippen molar-refractivity contribution in [1.82, 2.24) is 0 Å². The Bertz CT molecular complexity index is 614. The molecule has 1 atom stereocenters. The Morgan fingerprint density at radius 3 is 2.43 bits per heavy atom. The minimum absolute atomic E-state index is 0.0359. The molecule has 0 bridgehead atoms. The van der Waals surface area contributed by atoms with Crippen LogP contribution in [0.25, 0.3) is 0 Å². The van der Waals surface area contributed by atoms with E-state index < -0.39 is 17.4 Å². The highest BCUT2D eigenvalue weighted by molar-refractivity contribution is 5.90. The number of carboxylic acid groups (broad SMARTS) is 2. The molecule has 0 radical (unpaired) electrons. The normalized spacial score (nSPS) is 19.2. The summed E-state index contributed by atoms with van der Waals surface area (Å²) < 4.78 is 0. The lowest BCUT2D eigenvalue weighted by molar-refractivity contribution is -0.145. The van der Waals surface area contributed by atoms with Crippen LogP contribution in [0.1, 0.15) is 18.9 Å². The van der Waals surface area contributed by atoms with Gasteiger partial charge < -0.3 is 21.3 Å². The van der Waals surface area contributed by atoms with Gasteiger partial charge in [0.15, 0.2) is 0 Å². The predicted molar refractivity (Wildman–Crippen MR) is 89.1 cm³/mol. The van der Waals surface area contributed by atoms with Gasteiger partial charge in [-0.3, -0.25) is 4.79 Å². The first kappa shape index (κ1) is 18.4. The zero-order chi connectivity index (χ0) is 17.5. The van der Waals surface area contributed by atoms with E-state index in [4.69, 9.17) is 15.9 Å². The van der Waals surface area contributed by atoms with Crippen LogP contribution in [0.4, 0.5) is 5.69 Å². The molecule has 1 aliphatic carbocycles. The summed E-state index contributed by atoms with van der Waals surface area (Å²) in [6.45, 7) is 2.10. The van der Waals surface area contributed by atoms with E-state index in [1.165, 1.54) is 25.2 Å². The van der Waals surface area contributed by atoms with Gasteiger partial charge in [-0.15, -0.1) is 0 Å². The molecule has 23 heavy (non-hydrogen) atoms. The van der Waals surface area contributed by atoms with Gasteiger partial charge in [-0.2, -0.15) is 0 Å². The maximum atomic E-state index is 10.8. The van der Waals surface area contributed by atoms with Gasteiger partial charge in [0.25, 0.3) is 0 Å². The van der Waals surface area contributed by atoms with Gasteiger partial charge in [0.2, 0.25) is 0 Å². The van der Waals surface area contributed by atoms with E-state index in [1.54, 1.807) is 0 Å². The molecule has 0 spiro atoms. The molecule has 0 unspecified atom stereocenters. The zero-order valence-electron chi connectivity index (χ0n) is 13.2. The second kappa shape index (κ2) is 8.14. The Labute approximate surface area is 135 Å². The largest absolute Gasteiger partial charge is 0.481 e. The molecule has 0 aromatic heterocycles. The minimum atomic E-state index is -1.08. The fourth-order valence-electron chi connectivity index (χ4n) is 2.13. The van der Waals surface area contributed by atoms with Crippen molar-refractivity contribution in [3.8, 4) is 0 Å². The SMILES string of the molecule is CNc1ccccc1CN.C[C@@]1(C(=O)O)C=CC=C(C(=O)O)C1. The van der Waals surface area contributed by atoms with Crippen molar-refractivity contribution in [2.75, 3.05) is 12.4 Å². The van der Waals surface area contributed by atoms with Crippen LogP contribution in [-0.4, -0.2) is 29.2 Å². The highest BCUT2D eigenvalue weighted by Crippen LogP contribution is 2.31. The highest BCUT2D eigenvalue weighted by Gasteiger charge is 2.34. The summed E-state index contributed by atoms with van der Waals surface area (Å²) in [5.74, 6) is -2.06. The van der Waals surface area contributed by atoms with Crippen LogP contribution < -0.4 is 11.1 Å². The topological polar surface area (TPSA) is 113 Å². The Hall–Kier alpha value is -2.60. The van der Waals surface area contributed by atoms with Gasteiger partial charge in [0.1, 0.15) is 0 Å². The van der Waals surface area contributed by atoms with Crippen molar-refractivity contribution in [3.63, 3.8) is 0 Å². The van der Waals surface area contributed by atoms with Crippen LogP contribution in [0.15, 0.2) is 48.1 Å². The maximum absolute atomic E-state index is 10.8. The molecule has 6 heteroatoms. The van der Waals surface area contributed by atoms with Gasteiger partial charge >= 0.3 is 11.9 Å². The third kappa shape index (κ3) is 4.96. The summed E-state index contributed by atoms with van der Waals surface area (Å²) in [4.78, 5) is 21.3. The summed E-state index contributed by atoms with van der Waals surface area (Å²) in [6.07, 6.45) is 4.43. The van der Waals surface area contributed by atoms with E-state index in [9.17, 15) is 9.59 Å². The molecule has 6 nitrogen and oxygen atoms in total. The van der Waals surface area contributed by atoms with Crippen molar-refractivity contribution in [1.29, 1.82) is 0 Å². The number of carboxylic acids is 2. The fourth-order valence-corrected chi connectivity index (χ4v) is 2.13. The fraction of sp³-hybridized carbons (Fsp3) is 0.294. The van der Waals surface area contributed by atoms with E-state index in [0.717, 1.165) is 11.3 Å². The predicted octanol–water partition coefficient (Wildman–Crippen LogP) is 2.24. The van der Waals surface area contributed by atoms with Crippen LogP contribution in [-0.2, 0) is 16.1 Å². The lowest BCUT2D eigenvalue weighted by Crippen LogP contribution is -2.28. The van der Waals surface area contributed by atoms with Crippen molar-refractivity contribution in [3.05, 3.63) is 53.6 Å². The van der Waals surface area contributed by atoms with Gasteiger partial charge in [0.05, 0.1) is 5.41 Å². The number of benzene rings is 1. The summed E-state index contributed by atoms with van der Waals surface area (Å²) in [6, 6.07) is 8.02. The second-order valence-electron chi connectivity index (χ2n) is 5.37. The Kier molecular flexibility index (Phi) is 6.53. The standard InChI is InChI=1S/C9H10O4.C8H12N2/c1-9(8(12)13)4-2-3-6(5-9)7(10)11;1-10-8-5-3-2-4-7(8)6-9/h2-4H,5H2,1H3,(H,10,11)(H,12,13);2-5,10H,6,9H2,1H3/t9-;/m1./s1. The first-order chi connectivity index (χ1) is 10.8. The Morgan fingerprint density at radius 2 is 1.96 bits per heavy atom. The first-order valence-electron chi connectivity index (χ1n) is 7.15. The molecule has 0 saturated carbocycles. The molecule has 0 saturated heterocycles. The molecule has 0 fully saturated rings. The van der Waals surface area contributed by atoms with E-state index in [-0.39, 0.29) is 12.0 Å².